The largest absolute Gasteiger partial charge is 0.207 e. The van der Waals surface area contributed by atoms with Crippen LogP contribution >= 0.6 is 34.8 Å². The average Bonchev–Trinajstić information content (AvgIpc) is 2.20. The topological polar surface area (TPSA) is 0 Å². The second-order valence-corrected chi connectivity index (χ2v) is 4.74. The summed E-state index contributed by atoms with van der Waals surface area (Å²) in [7, 11) is 0. The molecular weight excluding hydrogens is 307 g/mol. The average molecular weight is 312 g/mol. The summed E-state index contributed by atoms with van der Waals surface area (Å²) in [6.07, 6.45) is 0. The van der Waals surface area contributed by atoms with Gasteiger partial charge in [-0.2, -0.15) is 0 Å². The highest BCUT2D eigenvalue weighted by molar-refractivity contribution is 6.41. The molecule has 0 unspecified atom stereocenters. The Morgan fingerprint density at radius 3 is 1.56 bits per heavy atom. The van der Waals surface area contributed by atoms with Gasteiger partial charge in [-0.25, -0.2) is 13.2 Å². The fraction of sp³-hybridized carbons (Fsp3) is 0. The van der Waals surface area contributed by atoms with Gasteiger partial charge < -0.3 is 0 Å². The molecule has 94 valence electrons. The predicted molar refractivity (Wildman–Crippen MR) is 66.8 cm³/mol. The van der Waals surface area contributed by atoms with Crippen LogP contribution in [0.25, 0.3) is 11.1 Å². The van der Waals surface area contributed by atoms with Gasteiger partial charge in [0.15, 0.2) is 0 Å². The van der Waals surface area contributed by atoms with Gasteiger partial charge in [0.1, 0.15) is 17.5 Å². The fourth-order valence-electron chi connectivity index (χ4n) is 1.56. The number of hydrogen-bond acceptors (Lipinski definition) is 0. The molecule has 0 atom stereocenters. The molecule has 0 heterocycles. The first kappa shape index (κ1) is 13.5. The van der Waals surface area contributed by atoms with Crippen LogP contribution in [0, 0.1) is 17.5 Å². The lowest BCUT2D eigenvalue weighted by atomic mass is 10.0. The van der Waals surface area contributed by atoms with Crippen molar-refractivity contribution in [2.75, 3.05) is 0 Å². The van der Waals surface area contributed by atoms with E-state index in [1.54, 1.807) is 0 Å². The van der Waals surface area contributed by atoms with E-state index in [0.29, 0.717) is 12.1 Å². The van der Waals surface area contributed by atoms with Crippen LogP contribution in [0.5, 0.6) is 0 Å². The second-order valence-electron chi connectivity index (χ2n) is 3.49. The van der Waals surface area contributed by atoms with Crippen LogP contribution in [0.1, 0.15) is 0 Å². The van der Waals surface area contributed by atoms with Gasteiger partial charge in [-0.1, -0.05) is 34.8 Å². The van der Waals surface area contributed by atoms with E-state index in [-0.39, 0.29) is 20.6 Å². The molecule has 18 heavy (non-hydrogen) atoms. The molecular formula is C12H4Cl3F3. The summed E-state index contributed by atoms with van der Waals surface area (Å²) in [6.45, 7) is 0. The number of rotatable bonds is 1. The Bertz CT molecular complexity index is 524. The van der Waals surface area contributed by atoms with Gasteiger partial charge in [-0.15, -0.1) is 0 Å². The van der Waals surface area contributed by atoms with Crippen LogP contribution in [0.4, 0.5) is 13.2 Å². The summed E-state index contributed by atoms with van der Waals surface area (Å²) < 4.78 is 40.1. The maximum atomic E-state index is 13.6. The van der Waals surface area contributed by atoms with E-state index in [9.17, 15) is 13.2 Å². The minimum Gasteiger partial charge on any atom is -0.207 e. The molecule has 2 rings (SSSR count). The van der Waals surface area contributed by atoms with Crippen molar-refractivity contribution in [3.63, 3.8) is 0 Å². The third-order valence-corrected chi connectivity index (χ3v) is 3.08. The van der Waals surface area contributed by atoms with Crippen molar-refractivity contribution in [3.8, 4) is 11.1 Å². The second kappa shape index (κ2) is 5.00. The molecule has 0 aromatic heterocycles. The Labute approximate surface area is 116 Å². The van der Waals surface area contributed by atoms with E-state index < -0.39 is 23.0 Å². The van der Waals surface area contributed by atoms with E-state index in [0.717, 1.165) is 0 Å². The first-order valence-corrected chi connectivity index (χ1v) is 5.83. The Morgan fingerprint density at radius 2 is 1.11 bits per heavy atom. The lowest BCUT2D eigenvalue weighted by Gasteiger charge is -2.10. The molecule has 0 fully saturated rings. The summed E-state index contributed by atoms with van der Waals surface area (Å²) in [6, 6.07) is 3.71. The minimum atomic E-state index is -1.08. The third-order valence-electron chi connectivity index (χ3n) is 2.26. The Balaban J connectivity index is 2.78. The van der Waals surface area contributed by atoms with Gasteiger partial charge in [-0.05, 0) is 12.1 Å². The molecule has 2 aromatic carbocycles. The molecule has 0 N–H and O–H groups in total. The predicted octanol–water partition coefficient (Wildman–Crippen LogP) is 5.73. The number of hydrogen-bond donors (Lipinski definition) is 0. The van der Waals surface area contributed by atoms with Crippen molar-refractivity contribution in [3.05, 3.63) is 56.8 Å². The maximum Gasteiger partial charge on any atom is 0.136 e. The molecule has 0 nitrogen and oxygen atoms in total. The number of benzene rings is 2. The van der Waals surface area contributed by atoms with Gasteiger partial charge in [0.25, 0.3) is 0 Å². The molecule has 0 bridgehead atoms. The highest BCUT2D eigenvalue weighted by Gasteiger charge is 2.19. The van der Waals surface area contributed by atoms with Gasteiger partial charge >= 0.3 is 0 Å². The summed E-state index contributed by atoms with van der Waals surface area (Å²) in [5.41, 5.74) is -0.541. The lowest BCUT2D eigenvalue weighted by molar-refractivity contribution is 0.548. The summed E-state index contributed by atoms with van der Waals surface area (Å²) in [5.74, 6) is -3.19. The Kier molecular flexibility index (Phi) is 3.76. The van der Waals surface area contributed by atoms with E-state index in [1.807, 2.05) is 0 Å². The van der Waals surface area contributed by atoms with Crippen LogP contribution < -0.4 is 0 Å². The highest BCUT2D eigenvalue weighted by Crippen LogP contribution is 2.39. The Hall–Kier alpha value is -0.900. The highest BCUT2D eigenvalue weighted by atomic mass is 35.5. The zero-order chi connectivity index (χ0) is 13.4. The van der Waals surface area contributed by atoms with E-state index in [1.165, 1.54) is 12.1 Å². The molecule has 0 aliphatic rings. The zero-order valence-corrected chi connectivity index (χ0v) is 10.8. The van der Waals surface area contributed by atoms with Crippen molar-refractivity contribution in [1.82, 2.24) is 0 Å². The molecule has 0 spiro atoms. The van der Waals surface area contributed by atoms with Gasteiger partial charge in [0.2, 0.25) is 0 Å². The van der Waals surface area contributed by atoms with Crippen LogP contribution in [-0.2, 0) is 0 Å². The van der Waals surface area contributed by atoms with Crippen molar-refractivity contribution in [1.29, 1.82) is 0 Å². The van der Waals surface area contributed by atoms with Crippen LogP contribution in [-0.4, -0.2) is 0 Å². The van der Waals surface area contributed by atoms with Crippen molar-refractivity contribution >= 4 is 34.8 Å². The first-order chi connectivity index (χ1) is 8.40. The molecule has 6 heteroatoms. The van der Waals surface area contributed by atoms with Crippen molar-refractivity contribution in [2.45, 2.75) is 0 Å². The van der Waals surface area contributed by atoms with Gasteiger partial charge in [0.05, 0.1) is 15.6 Å². The van der Waals surface area contributed by atoms with E-state index >= 15 is 0 Å². The zero-order valence-electron chi connectivity index (χ0n) is 8.58. The summed E-state index contributed by atoms with van der Waals surface area (Å²) in [5, 5.41) is 0.200. The molecule has 2 aromatic rings. The quantitative estimate of drug-likeness (QED) is 0.631. The SMILES string of the molecule is Fc1cc(F)c(-c2c(Cl)cc(Cl)cc2Cl)c(F)c1. The van der Waals surface area contributed by atoms with E-state index in [4.69, 9.17) is 34.8 Å². The lowest BCUT2D eigenvalue weighted by Crippen LogP contribution is -1.94. The van der Waals surface area contributed by atoms with Gasteiger partial charge in [-0.3, -0.25) is 0 Å². The monoisotopic (exact) mass is 310 g/mol. The van der Waals surface area contributed by atoms with E-state index in [2.05, 4.69) is 0 Å². The van der Waals surface area contributed by atoms with Gasteiger partial charge in [0, 0.05) is 22.7 Å². The Morgan fingerprint density at radius 1 is 0.667 bits per heavy atom. The van der Waals surface area contributed by atoms with Crippen LogP contribution in [0.2, 0.25) is 15.1 Å². The molecule has 0 amide bonds. The fourth-order valence-corrected chi connectivity index (χ4v) is 2.57. The smallest absolute Gasteiger partial charge is 0.136 e. The van der Waals surface area contributed by atoms with Crippen LogP contribution in [0.15, 0.2) is 24.3 Å². The normalized spacial score (nSPS) is 10.8. The molecule has 0 aliphatic carbocycles. The molecule has 0 saturated heterocycles. The standard InChI is InChI=1S/C12H4Cl3F3/c13-5-1-7(14)11(8(15)2-5)12-9(17)3-6(16)4-10(12)18/h1-4H. The summed E-state index contributed by atoms with van der Waals surface area (Å²) in [4.78, 5) is 0. The minimum absolute atomic E-state index is 0.0168. The molecule has 0 saturated carbocycles. The first-order valence-electron chi connectivity index (χ1n) is 4.69. The maximum absolute atomic E-state index is 13.6. The van der Waals surface area contributed by atoms with Crippen molar-refractivity contribution < 1.29 is 13.2 Å². The third kappa shape index (κ3) is 2.44. The number of halogens is 6. The summed E-state index contributed by atoms with van der Waals surface area (Å²) >= 11 is 17.4. The molecule has 0 radical (unpaired) electrons. The van der Waals surface area contributed by atoms with Crippen molar-refractivity contribution in [2.24, 2.45) is 0 Å². The van der Waals surface area contributed by atoms with Crippen LogP contribution in [0.3, 0.4) is 0 Å². The molecule has 0 aliphatic heterocycles.